The van der Waals surface area contributed by atoms with Gasteiger partial charge >= 0.3 is 0 Å². The van der Waals surface area contributed by atoms with Crippen molar-refractivity contribution in [2.24, 2.45) is 5.73 Å². The summed E-state index contributed by atoms with van der Waals surface area (Å²) in [6.45, 7) is 0.840. The first-order chi connectivity index (χ1) is 9.45. The fraction of sp³-hybridized carbons (Fsp3) is 0.462. The molecule has 1 amide bonds. The second-order valence-electron chi connectivity index (χ2n) is 4.87. The summed E-state index contributed by atoms with van der Waals surface area (Å²) in [7, 11) is -1.99. The number of nitrogens with one attached hydrogen (secondary N) is 1. The molecule has 118 valence electrons. The molecule has 1 aromatic carbocycles. The third-order valence-electron chi connectivity index (χ3n) is 3.40. The topological polar surface area (TPSA) is 92.5 Å². The van der Waals surface area contributed by atoms with Gasteiger partial charge < -0.3 is 11.1 Å². The number of carbonyl (C=O) groups excluding carboxylic acids is 1. The van der Waals surface area contributed by atoms with Gasteiger partial charge in [0.15, 0.2) is 0 Å². The van der Waals surface area contributed by atoms with Crippen LogP contribution in [0.25, 0.3) is 0 Å². The van der Waals surface area contributed by atoms with Gasteiger partial charge in [-0.15, -0.1) is 12.4 Å². The third kappa shape index (κ3) is 3.94. The Morgan fingerprint density at radius 2 is 1.95 bits per heavy atom. The van der Waals surface area contributed by atoms with Crippen LogP contribution in [0.15, 0.2) is 29.2 Å². The Morgan fingerprint density at radius 1 is 1.33 bits per heavy atom. The van der Waals surface area contributed by atoms with E-state index in [-0.39, 0.29) is 29.3 Å². The van der Waals surface area contributed by atoms with E-state index >= 15 is 0 Å². The number of sulfonamides is 1. The summed E-state index contributed by atoms with van der Waals surface area (Å²) in [5.74, 6) is -0.242. The van der Waals surface area contributed by atoms with Crippen LogP contribution in [0.5, 0.6) is 0 Å². The van der Waals surface area contributed by atoms with Crippen LogP contribution in [0.1, 0.15) is 23.2 Å². The number of piperidine rings is 1. The lowest BCUT2D eigenvalue weighted by atomic mass is 10.1. The van der Waals surface area contributed by atoms with Crippen molar-refractivity contribution < 1.29 is 13.2 Å². The highest BCUT2D eigenvalue weighted by atomic mass is 35.5. The van der Waals surface area contributed by atoms with E-state index in [1.54, 1.807) is 0 Å². The minimum absolute atomic E-state index is 0. The minimum Gasteiger partial charge on any atom is -0.355 e. The molecule has 0 aromatic heterocycles. The zero-order valence-electron chi connectivity index (χ0n) is 11.8. The first-order valence-electron chi connectivity index (χ1n) is 6.53. The van der Waals surface area contributed by atoms with Crippen molar-refractivity contribution in [3.05, 3.63) is 29.8 Å². The zero-order valence-corrected chi connectivity index (χ0v) is 13.4. The molecule has 2 rings (SSSR count). The Morgan fingerprint density at radius 3 is 2.48 bits per heavy atom. The average Bonchev–Trinajstić information content (AvgIpc) is 2.46. The summed E-state index contributed by atoms with van der Waals surface area (Å²) < 4.78 is 26.3. The Balaban J connectivity index is 0.00000220. The normalized spacial score (nSPS) is 19.6. The molecule has 1 aliphatic heterocycles. The number of hydrogen-bond donors (Lipinski definition) is 2. The lowest BCUT2D eigenvalue weighted by molar-refractivity contribution is 0.0963. The smallest absolute Gasteiger partial charge is 0.251 e. The molecule has 3 N–H and O–H groups in total. The summed E-state index contributed by atoms with van der Waals surface area (Å²) in [6, 6.07) is 5.83. The zero-order chi connectivity index (χ0) is 14.8. The van der Waals surface area contributed by atoms with Gasteiger partial charge in [-0.05, 0) is 37.1 Å². The summed E-state index contributed by atoms with van der Waals surface area (Å²) >= 11 is 0. The molecule has 1 atom stereocenters. The van der Waals surface area contributed by atoms with Gasteiger partial charge in [0.05, 0.1) is 4.90 Å². The number of halogens is 1. The largest absolute Gasteiger partial charge is 0.355 e. The molecule has 1 heterocycles. The summed E-state index contributed by atoms with van der Waals surface area (Å²) in [4.78, 5) is 11.6. The van der Waals surface area contributed by atoms with Crippen molar-refractivity contribution in [2.45, 2.75) is 23.8 Å². The third-order valence-corrected chi connectivity index (χ3v) is 5.28. The number of nitrogens with two attached hydrogens (primary N) is 1. The van der Waals surface area contributed by atoms with E-state index in [2.05, 4.69) is 5.32 Å². The molecule has 1 aliphatic rings. The number of rotatable bonds is 3. The SMILES string of the molecule is CNC(=O)c1ccc(S(=O)(=O)N2CCC[C@@H](N)C2)cc1.Cl. The summed E-state index contributed by atoms with van der Waals surface area (Å²) in [6.07, 6.45) is 1.62. The number of benzene rings is 1. The molecule has 21 heavy (non-hydrogen) atoms. The Bertz CT molecular complexity index is 589. The molecule has 0 bridgehead atoms. The van der Waals surface area contributed by atoms with Crippen LogP contribution in [0.3, 0.4) is 0 Å². The number of nitrogens with zero attached hydrogens (tertiary/aromatic N) is 1. The van der Waals surface area contributed by atoms with Gasteiger partial charge in [0.2, 0.25) is 10.0 Å². The van der Waals surface area contributed by atoms with E-state index in [1.165, 1.54) is 35.6 Å². The summed E-state index contributed by atoms with van der Waals surface area (Å²) in [5.41, 5.74) is 6.25. The molecule has 0 unspecified atom stereocenters. The Hall–Kier alpha value is -1.15. The highest BCUT2D eigenvalue weighted by molar-refractivity contribution is 7.89. The van der Waals surface area contributed by atoms with Crippen LogP contribution in [-0.4, -0.2) is 44.8 Å². The molecule has 0 saturated carbocycles. The first-order valence-corrected chi connectivity index (χ1v) is 7.97. The molecule has 1 fully saturated rings. The number of amides is 1. The Labute approximate surface area is 131 Å². The van der Waals surface area contributed by atoms with Gasteiger partial charge in [0.1, 0.15) is 0 Å². The molecule has 0 aliphatic carbocycles. The standard InChI is InChI=1S/C13H19N3O3S.ClH/c1-15-13(17)10-4-6-12(7-5-10)20(18,19)16-8-2-3-11(14)9-16;/h4-7,11H,2-3,8-9,14H2,1H3,(H,15,17);1H/t11-;/m1./s1. The number of hydrogen-bond acceptors (Lipinski definition) is 4. The maximum absolute atomic E-state index is 12.5. The lowest BCUT2D eigenvalue weighted by Gasteiger charge is -2.29. The van der Waals surface area contributed by atoms with Crippen LogP contribution in [0.4, 0.5) is 0 Å². The predicted molar refractivity (Wildman–Crippen MR) is 83.0 cm³/mol. The fourth-order valence-corrected chi connectivity index (χ4v) is 3.80. The molecular formula is C13H20ClN3O3S. The van der Waals surface area contributed by atoms with E-state index in [4.69, 9.17) is 5.73 Å². The van der Waals surface area contributed by atoms with Crippen LogP contribution >= 0.6 is 12.4 Å². The van der Waals surface area contributed by atoms with Crippen molar-refractivity contribution >= 4 is 28.3 Å². The van der Waals surface area contributed by atoms with E-state index in [1.807, 2.05) is 0 Å². The molecule has 1 aromatic rings. The molecule has 1 saturated heterocycles. The minimum atomic E-state index is -3.52. The highest BCUT2D eigenvalue weighted by Crippen LogP contribution is 2.20. The van der Waals surface area contributed by atoms with Gasteiger partial charge in [-0.25, -0.2) is 8.42 Å². The van der Waals surface area contributed by atoms with Gasteiger partial charge in [-0.1, -0.05) is 0 Å². The second-order valence-corrected chi connectivity index (χ2v) is 6.81. The quantitative estimate of drug-likeness (QED) is 0.846. The fourth-order valence-electron chi connectivity index (χ4n) is 2.26. The van der Waals surface area contributed by atoms with Crippen LogP contribution in [0.2, 0.25) is 0 Å². The summed E-state index contributed by atoms with van der Waals surface area (Å²) in [5, 5.41) is 2.49. The second kappa shape index (κ2) is 7.22. The molecule has 6 nitrogen and oxygen atoms in total. The number of carbonyl (C=O) groups is 1. The maximum atomic E-state index is 12.5. The van der Waals surface area contributed by atoms with Gasteiger partial charge in [-0.2, -0.15) is 4.31 Å². The van der Waals surface area contributed by atoms with Crippen LogP contribution < -0.4 is 11.1 Å². The maximum Gasteiger partial charge on any atom is 0.251 e. The van der Waals surface area contributed by atoms with Crippen molar-refractivity contribution in [1.82, 2.24) is 9.62 Å². The average molecular weight is 334 g/mol. The van der Waals surface area contributed by atoms with E-state index < -0.39 is 10.0 Å². The van der Waals surface area contributed by atoms with Crippen LogP contribution in [-0.2, 0) is 10.0 Å². The Kier molecular flexibility index (Phi) is 6.15. The molecule has 8 heteroatoms. The predicted octanol–water partition coefficient (Wildman–Crippen LogP) is 0.580. The highest BCUT2D eigenvalue weighted by Gasteiger charge is 2.28. The monoisotopic (exact) mass is 333 g/mol. The van der Waals surface area contributed by atoms with Gasteiger partial charge in [0, 0.05) is 31.7 Å². The van der Waals surface area contributed by atoms with Gasteiger partial charge in [0.25, 0.3) is 5.91 Å². The molecular weight excluding hydrogens is 314 g/mol. The molecule has 0 spiro atoms. The first kappa shape index (κ1) is 17.9. The molecule has 0 radical (unpaired) electrons. The van der Waals surface area contributed by atoms with Crippen molar-refractivity contribution in [2.75, 3.05) is 20.1 Å². The van der Waals surface area contributed by atoms with Crippen LogP contribution in [0, 0.1) is 0 Å². The van der Waals surface area contributed by atoms with Gasteiger partial charge in [-0.3, -0.25) is 4.79 Å². The van der Waals surface area contributed by atoms with Crippen molar-refractivity contribution in [1.29, 1.82) is 0 Å². The van der Waals surface area contributed by atoms with E-state index in [0.29, 0.717) is 18.7 Å². The van der Waals surface area contributed by atoms with Crippen molar-refractivity contribution in [3.8, 4) is 0 Å². The van der Waals surface area contributed by atoms with E-state index in [9.17, 15) is 13.2 Å². The lowest BCUT2D eigenvalue weighted by Crippen LogP contribution is -2.45. The van der Waals surface area contributed by atoms with E-state index in [0.717, 1.165) is 12.8 Å². The van der Waals surface area contributed by atoms with Crippen molar-refractivity contribution in [3.63, 3.8) is 0 Å².